The smallest absolute Gasteiger partial charge is 0.305 e. The third-order valence-corrected chi connectivity index (χ3v) is 4.21. The Morgan fingerprint density at radius 2 is 1.68 bits per heavy atom. The van der Waals surface area contributed by atoms with Crippen molar-refractivity contribution in [2.75, 3.05) is 6.61 Å². The molecular weight excluding hydrogens is 272 g/mol. The van der Waals surface area contributed by atoms with Crippen molar-refractivity contribution >= 4 is 5.97 Å². The largest absolute Gasteiger partial charge is 0.465 e. The molecule has 0 aromatic rings. The predicted molar refractivity (Wildman–Crippen MR) is 92.5 cm³/mol. The molecule has 1 rings (SSSR count). The van der Waals surface area contributed by atoms with Gasteiger partial charge in [-0.25, -0.2) is 0 Å². The van der Waals surface area contributed by atoms with Crippen molar-refractivity contribution in [1.29, 1.82) is 0 Å². The Morgan fingerprint density at radius 3 is 2.45 bits per heavy atom. The second kappa shape index (κ2) is 13.7. The highest BCUT2D eigenvalue weighted by Crippen LogP contribution is 2.34. The Hall–Kier alpha value is -0.970. The number of hydrogen-bond donors (Lipinski definition) is 0. The summed E-state index contributed by atoms with van der Waals surface area (Å²) in [5, 5.41) is 0. The molecule has 2 nitrogen and oxygen atoms in total. The minimum atomic E-state index is -0.0491. The predicted octanol–water partition coefficient (Wildman–Crippen LogP) is 5.64. The van der Waals surface area contributed by atoms with Crippen LogP contribution in [0.15, 0.2) is 0 Å². The third kappa shape index (κ3) is 12.7. The summed E-state index contributed by atoms with van der Waals surface area (Å²) in [6.07, 6.45) is 16.4. The topological polar surface area (TPSA) is 26.3 Å². The van der Waals surface area contributed by atoms with Gasteiger partial charge in [-0.2, -0.15) is 0 Å². The van der Waals surface area contributed by atoms with Gasteiger partial charge in [-0.15, -0.1) is 5.92 Å². The first kappa shape index (κ1) is 19.1. The minimum Gasteiger partial charge on any atom is -0.465 e. The molecule has 0 amide bonds. The molecule has 0 aromatic heterocycles. The fourth-order valence-corrected chi connectivity index (χ4v) is 2.57. The summed E-state index contributed by atoms with van der Waals surface area (Å²) in [6, 6.07) is 0. The van der Waals surface area contributed by atoms with Gasteiger partial charge in [0, 0.05) is 19.3 Å². The maximum Gasteiger partial charge on any atom is 0.305 e. The average Bonchev–Trinajstić information content (AvgIpc) is 3.33. The van der Waals surface area contributed by atoms with Crippen LogP contribution in [0.4, 0.5) is 0 Å². The second-order valence-corrected chi connectivity index (χ2v) is 6.53. The molecule has 0 bridgehead atoms. The van der Waals surface area contributed by atoms with E-state index in [0.717, 1.165) is 18.8 Å². The van der Waals surface area contributed by atoms with Crippen LogP contribution >= 0.6 is 0 Å². The minimum absolute atomic E-state index is 0.0491. The first-order valence-electron chi connectivity index (χ1n) is 9.44. The van der Waals surface area contributed by atoms with E-state index < -0.39 is 0 Å². The van der Waals surface area contributed by atoms with Crippen LogP contribution in [0.3, 0.4) is 0 Å². The molecule has 0 unspecified atom stereocenters. The zero-order chi connectivity index (χ0) is 15.9. The molecule has 0 spiro atoms. The number of carbonyl (C=O) groups is 1. The van der Waals surface area contributed by atoms with Crippen LogP contribution in [0.1, 0.15) is 96.8 Å². The monoisotopic (exact) mass is 306 g/mol. The van der Waals surface area contributed by atoms with Crippen LogP contribution in [0.25, 0.3) is 0 Å². The van der Waals surface area contributed by atoms with E-state index in [1.807, 2.05) is 0 Å². The maximum atomic E-state index is 11.5. The lowest BCUT2D eigenvalue weighted by molar-refractivity contribution is -0.143. The number of unbranched alkanes of at least 4 members (excludes halogenated alkanes) is 7. The van der Waals surface area contributed by atoms with Gasteiger partial charge in [0.25, 0.3) is 0 Å². The van der Waals surface area contributed by atoms with E-state index in [-0.39, 0.29) is 5.97 Å². The Labute approximate surface area is 137 Å². The van der Waals surface area contributed by atoms with E-state index in [1.54, 1.807) is 0 Å². The van der Waals surface area contributed by atoms with Crippen molar-refractivity contribution in [3.8, 4) is 11.8 Å². The number of rotatable bonds is 13. The van der Waals surface area contributed by atoms with Crippen LogP contribution in [0, 0.1) is 17.8 Å². The van der Waals surface area contributed by atoms with Gasteiger partial charge >= 0.3 is 5.97 Å². The fourth-order valence-electron chi connectivity index (χ4n) is 2.57. The van der Waals surface area contributed by atoms with Gasteiger partial charge in [0.05, 0.1) is 0 Å². The van der Waals surface area contributed by atoms with Gasteiger partial charge < -0.3 is 4.74 Å². The first-order valence-corrected chi connectivity index (χ1v) is 9.44. The quantitative estimate of drug-likeness (QED) is 0.250. The van der Waals surface area contributed by atoms with E-state index in [2.05, 4.69) is 18.8 Å². The summed E-state index contributed by atoms with van der Waals surface area (Å²) in [7, 11) is 0. The fraction of sp³-hybridized carbons (Fsp3) is 0.850. The van der Waals surface area contributed by atoms with Crippen LogP contribution < -0.4 is 0 Å². The zero-order valence-electron chi connectivity index (χ0n) is 14.5. The van der Waals surface area contributed by atoms with Crippen LogP contribution in [0.2, 0.25) is 0 Å². The molecule has 1 saturated carbocycles. The molecule has 0 aliphatic heterocycles. The van der Waals surface area contributed by atoms with E-state index in [9.17, 15) is 4.79 Å². The summed E-state index contributed by atoms with van der Waals surface area (Å²) in [5.74, 6) is 7.24. The van der Waals surface area contributed by atoms with E-state index in [4.69, 9.17) is 4.74 Å². The van der Waals surface area contributed by atoms with Gasteiger partial charge in [-0.1, -0.05) is 70.6 Å². The molecular formula is C20H34O2. The van der Waals surface area contributed by atoms with Gasteiger partial charge in [0.1, 0.15) is 6.61 Å². The maximum absolute atomic E-state index is 11.5. The standard InChI is InChI=1S/C20H34O2/c1-2-3-4-5-6-7-10-13-18-22-20(21)15-12-9-8-11-14-19-16-17-19/h19H,2-6,8-9,11-18H2,1H3. The van der Waals surface area contributed by atoms with Gasteiger partial charge in [-0.3, -0.25) is 4.79 Å². The van der Waals surface area contributed by atoms with Gasteiger partial charge in [-0.05, 0) is 18.8 Å². The van der Waals surface area contributed by atoms with Crippen LogP contribution in [-0.2, 0) is 9.53 Å². The van der Waals surface area contributed by atoms with Crippen molar-refractivity contribution in [3.63, 3.8) is 0 Å². The van der Waals surface area contributed by atoms with Crippen molar-refractivity contribution in [3.05, 3.63) is 0 Å². The Kier molecular flexibility index (Phi) is 11.9. The van der Waals surface area contributed by atoms with E-state index >= 15 is 0 Å². The highest BCUT2D eigenvalue weighted by atomic mass is 16.5. The molecule has 0 heterocycles. The number of hydrogen-bond acceptors (Lipinski definition) is 2. The van der Waals surface area contributed by atoms with E-state index in [1.165, 1.54) is 64.2 Å². The van der Waals surface area contributed by atoms with Gasteiger partial charge in [0.2, 0.25) is 0 Å². The average molecular weight is 306 g/mol. The summed E-state index contributed by atoms with van der Waals surface area (Å²) in [5.41, 5.74) is 0. The first-order chi connectivity index (χ1) is 10.8. The van der Waals surface area contributed by atoms with Crippen molar-refractivity contribution in [2.45, 2.75) is 96.8 Å². The van der Waals surface area contributed by atoms with Crippen LogP contribution in [-0.4, -0.2) is 12.6 Å². The lowest BCUT2D eigenvalue weighted by atomic mass is 10.1. The van der Waals surface area contributed by atoms with Crippen LogP contribution in [0.5, 0.6) is 0 Å². The summed E-state index contributed by atoms with van der Waals surface area (Å²) in [4.78, 5) is 11.5. The third-order valence-electron chi connectivity index (χ3n) is 4.21. The van der Waals surface area contributed by atoms with Crippen molar-refractivity contribution in [2.24, 2.45) is 5.92 Å². The number of esters is 1. The van der Waals surface area contributed by atoms with E-state index in [0.29, 0.717) is 19.4 Å². The molecule has 1 aliphatic rings. The lowest BCUT2D eigenvalue weighted by Gasteiger charge is -2.03. The van der Waals surface area contributed by atoms with Crippen molar-refractivity contribution < 1.29 is 9.53 Å². The number of ether oxygens (including phenoxy) is 1. The summed E-state index contributed by atoms with van der Waals surface area (Å²) < 4.78 is 5.20. The van der Waals surface area contributed by atoms with Gasteiger partial charge in [0.15, 0.2) is 0 Å². The normalized spacial score (nSPS) is 13.5. The summed E-state index contributed by atoms with van der Waals surface area (Å²) in [6.45, 7) is 2.68. The highest BCUT2D eigenvalue weighted by molar-refractivity contribution is 5.69. The number of carbonyl (C=O) groups excluding carboxylic acids is 1. The molecule has 1 aliphatic carbocycles. The molecule has 0 saturated heterocycles. The molecule has 2 heteroatoms. The lowest BCUT2D eigenvalue weighted by Crippen LogP contribution is -2.05. The SMILES string of the molecule is CCCCCCC#CCCOC(=O)CCCCCCC1CC1. The molecule has 126 valence electrons. The molecule has 0 radical (unpaired) electrons. The zero-order valence-corrected chi connectivity index (χ0v) is 14.5. The Bertz CT molecular complexity index is 333. The Balaban J connectivity index is 1.79. The summed E-state index contributed by atoms with van der Waals surface area (Å²) >= 11 is 0. The highest BCUT2D eigenvalue weighted by Gasteiger charge is 2.19. The van der Waals surface area contributed by atoms with Crippen molar-refractivity contribution in [1.82, 2.24) is 0 Å². The molecule has 0 aromatic carbocycles. The molecule has 0 atom stereocenters. The molecule has 0 N–H and O–H groups in total. The molecule has 1 fully saturated rings. The second-order valence-electron chi connectivity index (χ2n) is 6.53. The Morgan fingerprint density at radius 1 is 0.955 bits per heavy atom. The molecule has 22 heavy (non-hydrogen) atoms.